The van der Waals surface area contributed by atoms with Gasteiger partial charge in [-0.1, -0.05) is 12.1 Å². The van der Waals surface area contributed by atoms with E-state index in [9.17, 15) is 9.18 Å². The van der Waals surface area contributed by atoms with E-state index in [4.69, 9.17) is 0 Å². The Hall–Kier alpha value is -1.82. The van der Waals surface area contributed by atoms with Gasteiger partial charge in [0.1, 0.15) is 16.1 Å². The smallest absolute Gasteiger partial charge is 0.275 e. The Kier molecular flexibility index (Phi) is 3.43. The molecule has 0 atom stereocenters. The lowest BCUT2D eigenvalue weighted by Crippen LogP contribution is -2.14. The number of nitrogens with one attached hydrogen (secondary N) is 1. The first kappa shape index (κ1) is 11.7. The Morgan fingerprint density at radius 2 is 1.94 bits per heavy atom. The van der Waals surface area contributed by atoms with E-state index in [1.54, 1.807) is 18.2 Å². The summed E-state index contributed by atoms with van der Waals surface area (Å²) in [4.78, 5) is 19.2. The van der Waals surface area contributed by atoms with Crippen molar-refractivity contribution in [3.63, 3.8) is 0 Å². The van der Waals surface area contributed by atoms with Gasteiger partial charge in [0.05, 0.1) is 0 Å². The summed E-state index contributed by atoms with van der Waals surface area (Å²) in [7, 11) is 0. The number of halogens is 2. The molecule has 0 spiro atoms. The zero-order valence-corrected chi connectivity index (χ0v) is 10.1. The number of hydrogen-bond acceptors (Lipinski definition) is 3. The van der Waals surface area contributed by atoms with E-state index in [1.165, 1.54) is 18.2 Å². The van der Waals surface area contributed by atoms with Crippen LogP contribution in [0, 0.1) is 5.95 Å². The van der Waals surface area contributed by atoms with Gasteiger partial charge in [-0.15, -0.1) is 0 Å². The van der Waals surface area contributed by atoms with Crippen LogP contribution in [0.5, 0.6) is 0 Å². The van der Waals surface area contributed by atoms with Crippen LogP contribution in [0.4, 0.5) is 10.2 Å². The summed E-state index contributed by atoms with van der Waals surface area (Å²) in [5.41, 5.74) is 0.227. The molecule has 0 saturated carbocycles. The SMILES string of the molecule is O=C(Nc1cccc(F)n1)c1cccc(Br)n1. The van der Waals surface area contributed by atoms with Gasteiger partial charge in [0.15, 0.2) is 0 Å². The molecule has 2 rings (SSSR count). The Labute approximate surface area is 105 Å². The third-order valence-corrected chi connectivity index (χ3v) is 2.35. The molecule has 2 aromatic heterocycles. The molecule has 0 unspecified atom stereocenters. The van der Waals surface area contributed by atoms with E-state index in [2.05, 4.69) is 31.2 Å². The molecule has 0 saturated heterocycles. The third kappa shape index (κ3) is 3.07. The van der Waals surface area contributed by atoms with Crippen molar-refractivity contribution >= 4 is 27.7 Å². The van der Waals surface area contributed by atoms with E-state index in [-0.39, 0.29) is 11.5 Å². The molecule has 1 amide bonds. The topological polar surface area (TPSA) is 54.9 Å². The molecule has 2 aromatic rings. The fourth-order valence-electron chi connectivity index (χ4n) is 1.19. The van der Waals surface area contributed by atoms with Gasteiger partial charge in [0.25, 0.3) is 5.91 Å². The van der Waals surface area contributed by atoms with E-state index >= 15 is 0 Å². The molecule has 6 heteroatoms. The number of rotatable bonds is 2. The number of pyridine rings is 2. The Bertz CT molecular complexity index is 562. The van der Waals surface area contributed by atoms with Gasteiger partial charge in [-0.3, -0.25) is 4.79 Å². The second-order valence-electron chi connectivity index (χ2n) is 3.15. The van der Waals surface area contributed by atoms with Crippen LogP contribution in [0.15, 0.2) is 41.0 Å². The van der Waals surface area contributed by atoms with Gasteiger partial charge in [-0.05, 0) is 40.2 Å². The summed E-state index contributed by atoms with van der Waals surface area (Å²) in [6.45, 7) is 0. The van der Waals surface area contributed by atoms with Gasteiger partial charge >= 0.3 is 0 Å². The van der Waals surface area contributed by atoms with Crippen LogP contribution in [0.25, 0.3) is 0 Å². The predicted octanol–water partition coefficient (Wildman–Crippen LogP) is 2.63. The van der Waals surface area contributed by atoms with E-state index in [1.807, 2.05) is 0 Å². The first-order valence-corrected chi connectivity index (χ1v) is 5.51. The predicted molar refractivity (Wildman–Crippen MR) is 64.1 cm³/mol. The molecular formula is C11H7BrFN3O. The third-order valence-electron chi connectivity index (χ3n) is 1.90. The van der Waals surface area contributed by atoms with Crippen LogP contribution in [0.1, 0.15) is 10.5 Å². The maximum absolute atomic E-state index is 12.8. The van der Waals surface area contributed by atoms with Crippen LogP contribution >= 0.6 is 15.9 Å². The van der Waals surface area contributed by atoms with E-state index < -0.39 is 11.9 Å². The molecule has 0 aliphatic heterocycles. The van der Waals surface area contributed by atoms with Crippen LogP contribution in [-0.4, -0.2) is 15.9 Å². The first-order valence-electron chi connectivity index (χ1n) is 4.71. The Morgan fingerprint density at radius 1 is 1.18 bits per heavy atom. The van der Waals surface area contributed by atoms with Crippen LogP contribution < -0.4 is 5.32 Å². The molecule has 0 bridgehead atoms. The molecule has 1 N–H and O–H groups in total. The zero-order chi connectivity index (χ0) is 12.3. The number of hydrogen-bond donors (Lipinski definition) is 1. The number of nitrogens with zero attached hydrogens (tertiary/aromatic N) is 2. The number of amides is 1. The summed E-state index contributed by atoms with van der Waals surface area (Å²) >= 11 is 3.16. The molecule has 86 valence electrons. The summed E-state index contributed by atoms with van der Waals surface area (Å²) < 4.78 is 13.4. The highest BCUT2D eigenvalue weighted by Crippen LogP contribution is 2.09. The van der Waals surface area contributed by atoms with Gasteiger partial charge in [0, 0.05) is 0 Å². The molecule has 0 fully saturated rings. The molecule has 0 aliphatic rings. The van der Waals surface area contributed by atoms with Gasteiger partial charge in [0.2, 0.25) is 5.95 Å². The molecule has 17 heavy (non-hydrogen) atoms. The fourth-order valence-corrected chi connectivity index (χ4v) is 1.54. The van der Waals surface area contributed by atoms with Crippen LogP contribution in [-0.2, 0) is 0 Å². The number of carbonyl (C=O) groups excluding carboxylic acids is 1. The monoisotopic (exact) mass is 295 g/mol. The van der Waals surface area contributed by atoms with Crippen molar-refractivity contribution in [3.8, 4) is 0 Å². The number of aromatic nitrogens is 2. The lowest BCUT2D eigenvalue weighted by atomic mass is 10.3. The standard InChI is InChI=1S/C11H7BrFN3O/c12-8-4-1-3-7(14-8)11(17)16-10-6-2-5-9(13)15-10/h1-6H,(H,15,16,17). The maximum atomic E-state index is 12.8. The minimum absolute atomic E-state index is 0.150. The van der Waals surface area contributed by atoms with Crippen LogP contribution in [0.3, 0.4) is 0 Å². The van der Waals surface area contributed by atoms with Gasteiger partial charge < -0.3 is 5.32 Å². The van der Waals surface area contributed by atoms with Crippen molar-refractivity contribution in [3.05, 3.63) is 52.6 Å². The molecule has 0 aliphatic carbocycles. The first-order chi connectivity index (χ1) is 8.15. The minimum atomic E-state index is -0.648. The highest BCUT2D eigenvalue weighted by molar-refractivity contribution is 9.10. The summed E-state index contributed by atoms with van der Waals surface area (Å²) in [6.07, 6.45) is 0. The average molecular weight is 296 g/mol. The summed E-state index contributed by atoms with van der Waals surface area (Å²) in [5.74, 6) is -0.939. The fraction of sp³-hybridized carbons (Fsp3) is 0. The lowest BCUT2D eigenvalue weighted by molar-refractivity contribution is 0.102. The Morgan fingerprint density at radius 3 is 2.65 bits per heavy atom. The molecule has 0 radical (unpaired) electrons. The van der Waals surface area contributed by atoms with Gasteiger partial charge in [-0.2, -0.15) is 4.39 Å². The second-order valence-corrected chi connectivity index (χ2v) is 3.96. The van der Waals surface area contributed by atoms with E-state index in [0.717, 1.165) is 0 Å². The van der Waals surface area contributed by atoms with Crippen molar-refractivity contribution in [2.24, 2.45) is 0 Å². The molecular weight excluding hydrogens is 289 g/mol. The number of anilines is 1. The summed E-state index contributed by atoms with van der Waals surface area (Å²) in [5, 5.41) is 2.45. The average Bonchev–Trinajstić information content (AvgIpc) is 2.29. The van der Waals surface area contributed by atoms with Gasteiger partial charge in [-0.25, -0.2) is 9.97 Å². The normalized spacial score (nSPS) is 10.0. The van der Waals surface area contributed by atoms with E-state index in [0.29, 0.717) is 4.60 Å². The molecule has 2 heterocycles. The number of carbonyl (C=O) groups is 1. The van der Waals surface area contributed by atoms with Crippen molar-refractivity contribution in [1.29, 1.82) is 0 Å². The quantitative estimate of drug-likeness (QED) is 0.867. The van der Waals surface area contributed by atoms with Crippen molar-refractivity contribution < 1.29 is 9.18 Å². The molecule has 0 aromatic carbocycles. The Balaban J connectivity index is 2.17. The van der Waals surface area contributed by atoms with Crippen molar-refractivity contribution in [1.82, 2.24) is 9.97 Å². The molecule has 4 nitrogen and oxygen atoms in total. The maximum Gasteiger partial charge on any atom is 0.275 e. The van der Waals surface area contributed by atoms with Crippen molar-refractivity contribution in [2.45, 2.75) is 0 Å². The highest BCUT2D eigenvalue weighted by Gasteiger charge is 2.08. The largest absolute Gasteiger partial charge is 0.305 e. The highest BCUT2D eigenvalue weighted by atomic mass is 79.9. The zero-order valence-electron chi connectivity index (χ0n) is 8.52. The van der Waals surface area contributed by atoms with Crippen molar-refractivity contribution in [2.75, 3.05) is 5.32 Å². The van der Waals surface area contributed by atoms with Crippen LogP contribution in [0.2, 0.25) is 0 Å². The second kappa shape index (κ2) is 5.01. The minimum Gasteiger partial charge on any atom is -0.305 e. The lowest BCUT2D eigenvalue weighted by Gasteiger charge is -2.03. The summed E-state index contributed by atoms with van der Waals surface area (Å²) in [6, 6.07) is 9.11.